The van der Waals surface area contributed by atoms with Crippen molar-refractivity contribution in [1.82, 2.24) is 4.98 Å². The van der Waals surface area contributed by atoms with Gasteiger partial charge >= 0.3 is 5.97 Å². The predicted octanol–water partition coefficient (Wildman–Crippen LogP) is 4.73. The van der Waals surface area contributed by atoms with Gasteiger partial charge in [0.05, 0.1) is 17.1 Å². The van der Waals surface area contributed by atoms with Gasteiger partial charge in [-0.2, -0.15) is 5.26 Å². The van der Waals surface area contributed by atoms with E-state index >= 15 is 0 Å². The van der Waals surface area contributed by atoms with Crippen LogP contribution in [-0.4, -0.2) is 20.8 Å². The molecule has 124 valence electrons. The van der Waals surface area contributed by atoms with Gasteiger partial charge in [-0.1, -0.05) is 30.3 Å². The van der Waals surface area contributed by atoms with Crippen molar-refractivity contribution in [3.8, 4) is 17.2 Å². The molecule has 1 N–H and O–H groups in total. The lowest BCUT2D eigenvalue weighted by Gasteiger charge is -2.21. The van der Waals surface area contributed by atoms with Crippen LogP contribution < -0.4 is 0 Å². The highest BCUT2D eigenvalue weighted by Gasteiger charge is 2.30. The van der Waals surface area contributed by atoms with Crippen LogP contribution in [0.4, 0.5) is 0 Å². The lowest BCUT2D eigenvalue weighted by atomic mass is 10.0. The predicted molar refractivity (Wildman–Crippen MR) is 99.5 cm³/mol. The van der Waals surface area contributed by atoms with Gasteiger partial charge in [0.15, 0.2) is 0 Å². The molecule has 25 heavy (non-hydrogen) atoms. The number of fused-ring (bicyclic) bond motifs is 1. The van der Waals surface area contributed by atoms with E-state index in [0.717, 1.165) is 26.9 Å². The van der Waals surface area contributed by atoms with E-state index in [0.29, 0.717) is 5.56 Å². The maximum atomic E-state index is 11.6. The standard InChI is InChI=1S/C20H16N2O2S/c1-20(2,19(23)24)25-18-15-5-3-4-6-17(15)22-12-16(18)14-9-7-13(11-21)8-10-14/h3-10,12H,1-2H3,(H,23,24). The fourth-order valence-electron chi connectivity index (χ4n) is 2.45. The first-order chi connectivity index (χ1) is 11.9. The second kappa shape index (κ2) is 6.58. The highest BCUT2D eigenvalue weighted by molar-refractivity contribution is 8.01. The Morgan fingerprint density at radius 2 is 1.84 bits per heavy atom. The first kappa shape index (κ1) is 17.0. The summed E-state index contributed by atoms with van der Waals surface area (Å²) in [5, 5.41) is 19.4. The van der Waals surface area contributed by atoms with Gasteiger partial charge in [-0.15, -0.1) is 11.8 Å². The molecular formula is C20H16N2O2S. The summed E-state index contributed by atoms with van der Waals surface area (Å²) in [5.74, 6) is -0.871. The zero-order valence-electron chi connectivity index (χ0n) is 13.9. The molecule has 3 rings (SSSR count). The van der Waals surface area contributed by atoms with E-state index in [4.69, 9.17) is 5.26 Å². The first-order valence-electron chi connectivity index (χ1n) is 7.73. The normalized spacial score (nSPS) is 11.2. The quantitative estimate of drug-likeness (QED) is 0.690. The molecule has 2 aromatic carbocycles. The van der Waals surface area contributed by atoms with Gasteiger partial charge in [0.1, 0.15) is 4.75 Å². The molecule has 0 saturated heterocycles. The molecule has 1 heterocycles. The van der Waals surface area contributed by atoms with E-state index in [9.17, 15) is 9.90 Å². The number of carbonyl (C=O) groups is 1. The summed E-state index contributed by atoms with van der Waals surface area (Å²) in [4.78, 5) is 17.0. The molecule has 0 fully saturated rings. The molecule has 3 aromatic rings. The first-order valence-corrected chi connectivity index (χ1v) is 8.55. The monoisotopic (exact) mass is 348 g/mol. The summed E-state index contributed by atoms with van der Waals surface area (Å²) in [6, 6.07) is 17.0. The number of carboxylic acid groups (broad SMARTS) is 1. The van der Waals surface area contributed by atoms with Crippen molar-refractivity contribution in [2.45, 2.75) is 23.5 Å². The third kappa shape index (κ3) is 3.35. The zero-order chi connectivity index (χ0) is 18.0. The van der Waals surface area contributed by atoms with E-state index in [1.165, 1.54) is 11.8 Å². The molecule has 0 bridgehead atoms. The highest BCUT2D eigenvalue weighted by atomic mass is 32.2. The Balaban J connectivity index is 2.22. The summed E-state index contributed by atoms with van der Waals surface area (Å²) in [6.45, 7) is 3.38. The van der Waals surface area contributed by atoms with Crippen molar-refractivity contribution in [1.29, 1.82) is 5.26 Å². The maximum absolute atomic E-state index is 11.6. The van der Waals surface area contributed by atoms with Gasteiger partial charge in [0, 0.05) is 22.0 Å². The SMILES string of the molecule is CC(C)(Sc1c(-c2ccc(C#N)cc2)cnc2ccccc12)C(=O)O. The molecule has 4 nitrogen and oxygen atoms in total. The number of hydrogen-bond donors (Lipinski definition) is 1. The van der Waals surface area contributed by atoms with Crippen LogP contribution in [0.2, 0.25) is 0 Å². The Labute approximate surface area is 150 Å². The zero-order valence-corrected chi connectivity index (χ0v) is 14.7. The molecule has 0 radical (unpaired) electrons. The van der Waals surface area contributed by atoms with Crippen molar-refractivity contribution in [3.05, 3.63) is 60.3 Å². The molecule has 0 saturated carbocycles. The molecule has 1 aromatic heterocycles. The van der Waals surface area contributed by atoms with E-state index in [1.54, 1.807) is 32.2 Å². The maximum Gasteiger partial charge on any atom is 0.319 e. The number of aliphatic carboxylic acids is 1. The molecule has 0 atom stereocenters. The number of pyridine rings is 1. The van der Waals surface area contributed by atoms with Crippen LogP contribution in [0.1, 0.15) is 19.4 Å². The van der Waals surface area contributed by atoms with E-state index < -0.39 is 10.7 Å². The molecular weight excluding hydrogens is 332 g/mol. The fourth-order valence-corrected chi connectivity index (χ4v) is 3.62. The van der Waals surface area contributed by atoms with Gasteiger partial charge < -0.3 is 5.11 Å². The van der Waals surface area contributed by atoms with Crippen LogP contribution in [0, 0.1) is 11.3 Å². The fraction of sp³-hybridized carbons (Fsp3) is 0.150. The van der Waals surface area contributed by atoms with Crippen molar-refractivity contribution >= 4 is 28.6 Å². The number of nitriles is 1. The largest absolute Gasteiger partial charge is 0.480 e. The van der Waals surface area contributed by atoms with Crippen molar-refractivity contribution in [2.24, 2.45) is 0 Å². The minimum Gasteiger partial charge on any atom is -0.480 e. The second-order valence-corrected chi connectivity index (χ2v) is 7.76. The molecule has 0 amide bonds. The number of para-hydroxylation sites is 1. The minimum absolute atomic E-state index is 0.581. The van der Waals surface area contributed by atoms with Gasteiger partial charge in [-0.3, -0.25) is 9.78 Å². The third-order valence-corrected chi connectivity index (χ3v) is 5.25. The molecule has 0 aliphatic rings. The number of nitrogens with zero attached hydrogens (tertiary/aromatic N) is 2. The summed E-state index contributed by atoms with van der Waals surface area (Å²) in [5.41, 5.74) is 3.17. The van der Waals surface area contributed by atoms with Gasteiger partial charge in [-0.05, 0) is 37.6 Å². The van der Waals surface area contributed by atoms with Crippen LogP contribution in [0.5, 0.6) is 0 Å². The highest BCUT2D eigenvalue weighted by Crippen LogP contribution is 2.42. The average Bonchev–Trinajstić information content (AvgIpc) is 2.62. The van der Waals surface area contributed by atoms with E-state index in [-0.39, 0.29) is 0 Å². The lowest BCUT2D eigenvalue weighted by molar-refractivity contribution is -0.138. The number of hydrogen-bond acceptors (Lipinski definition) is 4. The molecule has 0 aliphatic heterocycles. The Hall–Kier alpha value is -2.84. The van der Waals surface area contributed by atoms with Crippen LogP contribution in [0.25, 0.3) is 22.0 Å². The summed E-state index contributed by atoms with van der Waals surface area (Å²) in [7, 11) is 0. The van der Waals surface area contributed by atoms with E-state index in [1.807, 2.05) is 36.4 Å². The summed E-state index contributed by atoms with van der Waals surface area (Å²) < 4.78 is -0.981. The summed E-state index contributed by atoms with van der Waals surface area (Å²) in [6.07, 6.45) is 1.77. The van der Waals surface area contributed by atoms with Gasteiger partial charge in [-0.25, -0.2) is 0 Å². The second-order valence-electron chi connectivity index (χ2n) is 6.12. The van der Waals surface area contributed by atoms with E-state index in [2.05, 4.69) is 11.1 Å². The Morgan fingerprint density at radius 3 is 2.48 bits per heavy atom. The topological polar surface area (TPSA) is 74.0 Å². The number of carboxylic acids is 1. The Morgan fingerprint density at radius 1 is 1.16 bits per heavy atom. The molecule has 5 heteroatoms. The van der Waals surface area contributed by atoms with Crippen LogP contribution in [-0.2, 0) is 4.79 Å². The molecule has 0 aliphatic carbocycles. The van der Waals surface area contributed by atoms with Crippen LogP contribution in [0.15, 0.2) is 59.6 Å². The Bertz CT molecular complexity index is 989. The van der Waals surface area contributed by atoms with Crippen molar-refractivity contribution in [2.75, 3.05) is 0 Å². The number of benzene rings is 2. The van der Waals surface area contributed by atoms with Gasteiger partial charge in [0.25, 0.3) is 0 Å². The molecule has 0 spiro atoms. The molecule has 0 unspecified atom stereocenters. The van der Waals surface area contributed by atoms with Crippen molar-refractivity contribution in [3.63, 3.8) is 0 Å². The summed E-state index contributed by atoms with van der Waals surface area (Å²) >= 11 is 1.31. The number of rotatable bonds is 4. The van der Waals surface area contributed by atoms with Crippen LogP contribution in [0.3, 0.4) is 0 Å². The number of thioether (sulfide) groups is 1. The average molecular weight is 348 g/mol. The number of aromatic nitrogens is 1. The smallest absolute Gasteiger partial charge is 0.319 e. The lowest BCUT2D eigenvalue weighted by Crippen LogP contribution is -2.27. The van der Waals surface area contributed by atoms with Crippen LogP contribution >= 0.6 is 11.8 Å². The minimum atomic E-state index is -0.981. The Kier molecular flexibility index (Phi) is 4.47. The van der Waals surface area contributed by atoms with Gasteiger partial charge in [0.2, 0.25) is 0 Å². The third-order valence-electron chi connectivity index (χ3n) is 3.92. The van der Waals surface area contributed by atoms with Crippen molar-refractivity contribution < 1.29 is 9.90 Å².